The van der Waals surface area contributed by atoms with Gasteiger partial charge in [-0.15, -0.1) is 0 Å². The summed E-state index contributed by atoms with van der Waals surface area (Å²) in [5.41, 5.74) is 4.14. The first-order valence-electron chi connectivity index (χ1n) is 14.8. The van der Waals surface area contributed by atoms with Crippen LogP contribution in [0.1, 0.15) is 100 Å². The highest BCUT2D eigenvalue weighted by Crippen LogP contribution is 2.41. The fraction of sp³-hybridized carbons (Fsp3) is 0.588. The molecule has 1 heterocycles. The number of aryl methyl sites for hydroxylation is 1. The number of ketones is 1. The van der Waals surface area contributed by atoms with Crippen molar-refractivity contribution in [3.8, 4) is 0 Å². The average molecular weight is 520 g/mol. The van der Waals surface area contributed by atoms with E-state index in [1.807, 2.05) is 43.6 Å². The van der Waals surface area contributed by atoms with Crippen LogP contribution in [-0.2, 0) is 21.6 Å². The van der Waals surface area contributed by atoms with E-state index < -0.39 is 5.67 Å². The summed E-state index contributed by atoms with van der Waals surface area (Å²) in [5.74, 6) is 1.99. The molecule has 3 unspecified atom stereocenters. The number of aromatic nitrogens is 1. The lowest BCUT2D eigenvalue weighted by molar-refractivity contribution is -0.128. The normalized spacial score (nSPS) is 26.3. The number of nitrogens with zero attached hydrogens (tertiary/aromatic N) is 1. The van der Waals surface area contributed by atoms with Gasteiger partial charge >= 0.3 is 0 Å². The molecule has 0 amide bonds. The van der Waals surface area contributed by atoms with Gasteiger partial charge in [-0.1, -0.05) is 44.0 Å². The number of benzene rings is 1. The number of ether oxygens (including phenoxy) is 1. The first-order valence-corrected chi connectivity index (χ1v) is 14.8. The van der Waals surface area contributed by atoms with Gasteiger partial charge in [0.15, 0.2) is 0 Å². The van der Waals surface area contributed by atoms with Crippen LogP contribution in [0.3, 0.4) is 0 Å². The average Bonchev–Trinajstić information content (AvgIpc) is 3.17. The zero-order valence-corrected chi connectivity index (χ0v) is 23.8. The number of pyridine rings is 1. The van der Waals surface area contributed by atoms with Gasteiger partial charge in [-0.3, -0.25) is 9.78 Å². The molecular weight excluding hydrogens is 473 g/mol. The number of carbonyl (C=O) groups is 1. The van der Waals surface area contributed by atoms with Gasteiger partial charge < -0.3 is 4.74 Å². The smallest absolute Gasteiger partial charge is 0.139 e. The van der Waals surface area contributed by atoms with Gasteiger partial charge in [0, 0.05) is 23.7 Å². The molecule has 3 nitrogen and oxygen atoms in total. The van der Waals surface area contributed by atoms with E-state index in [4.69, 9.17) is 4.74 Å². The van der Waals surface area contributed by atoms with Gasteiger partial charge in [-0.05, 0) is 118 Å². The highest BCUT2D eigenvalue weighted by atomic mass is 19.1. The molecule has 3 atom stereocenters. The number of methoxy groups -OCH3 is 1. The highest BCUT2D eigenvalue weighted by Gasteiger charge is 2.33. The van der Waals surface area contributed by atoms with Crippen LogP contribution in [0.15, 0.2) is 48.9 Å². The van der Waals surface area contributed by atoms with E-state index in [-0.39, 0.29) is 11.8 Å². The van der Waals surface area contributed by atoms with Gasteiger partial charge in [-0.25, -0.2) is 4.39 Å². The predicted octanol–water partition coefficient (Wildman–Crippen LogP) is 8.79. The molecular formula is C34H46FNO2. The largest absolute Gasteiger partial charge is 0.504 e. The monoisotopic (exact) mass is 519 g/mol. The molecule has 2 saturated carbocycles. The summed E-state index contributed by atoms with van der Waals surface area (Å²) >= 11 is 0. The molecule has 38 heavy (non-hydrogen) atoms. The molecule has 1 aromatic heterocycles. The van der Waals surface area contributed by atoms with Crippen LogP contribution in [0.5, 0.6) is 0 Å². The Bertz CT molecular complexity index is 1080. The van der Waals surface area contributed by atoms with Crippen LogP contribution < -0.4 is 0 Å². The van der Waals surface area contributed by atoms with Crippen LogP contribution in [0.2, 0.25) is 0 Å². The summed E-state index contributed by atoms with van der Waals surface area (Å²) in [4.78, 5) is 17.9. The van der Waals surface area contributed by atoms with E-state index in [2.05, 4.69) is 24.0 Å². The second-order valence-corrected chi connectivity index (χ2v) is 12.0. The molecule has 0 radical (unpaired) electrons. The Morgan fingerprint density at radius 2 is 1.66 bits per heavy atom. The number of halogens is 1. The van der Waals surface area contributed by atoms with E-state index in [1.165, 1.54) is 17.6 Å². The Labute approximate surface area is 229 Å². The van der Waals surface area contributed by atoms with Crippen LogP contribution in [0, 0.1) is 30.6 Å². The molecule has 206 valence electrons. The molecule has 0 saturated heterocycles. The van der Waals surface area contributed by atoms with Crippen LogP contribution in [0.25, 0.3) is 5.57 Å². The number of carbonyl (C=O) groups excluding carboxylic acids is 1. The summed E-state index contributed by atoms with van der Waals surface area (Å²) in [7, 11) is 1.69. The van der Waals surface area contributed by atoms with Crippen molar-refractivity contribution < 1.29 is 13.9 Å². The number of Topliss-reactive ketones (excluding diaryl/α,β-unsaturated/α-hetero) is 1. The maximum atomic E-state index is 14.7. The lowest BCUT2D eigenvalue weighted by Gasteiger charge is -2.31. The Morgan fingerprint density at radius 1 is 1.00 bits per heavy atom. The minimum Gasteiger partial charge on any atom is -0.504 e. The van der Waals surface area contributed by atoms with E-state index in [0.29, 0.717) is 24.0 Å². The molecule has 1 aromatic carbocycles. The quantitative estimate of drug-likeness (QED) is 0.245. The first kappa shape index (κ1) is 28.5. The van der Waals surface area contributed by atoms with Crippen LogP contribution in [0.4, 0.5) is 4.39 Å². The van der Waals surface area contributed by atoms with E-state index in [0.717, 1.165) is 74.6 Å². The maximum Gasteiger partial charge on any atom is 0.139 e. The second-order valence-electron chi connectivity index (χ2n) is 12.0. The maximum absolute atomic E-state index is 14.7. The Morgan fingerprint density at radius 3 is 2.32 bits per heavy atom. The van der Waals surface area contributed by atoms with Gasteiger partial charge in [0.1, 0.15) is 11.5 Å². The van der Waals surface area contributed by atoms with Crippen molar-refractivity contribution in [1.29, 1.82) is 0 Å². The molecule has 2 aliphatic rings. The Kier molecular flexibility index (Phi) is 9.79. The van der Waals surface area contributed by atoms with Gasteiger partial charge in [0.05, 0.1) is 13.4 Å². The molecule has 2 fully saturated rings. The lowest BCUT2D eigenvalue weighted by Crippen LogP contribution is -2.28. The topological polar surface area (TPSA) is 39.2 Å². The van der Waals surface area contributed by atoms with Crippen LogP contribution >= 0.6 is 0 Å². The zero-order valence-electron chi connectivity index (χ0n) is 23.8. The van der Waals surface area contributed by atoms with Crippen molar-refractivity contribution in [2.24, 2.45) is 23.7 Å². The number of hydrogen-bond acceptors (Lipinski definition) is 3. The SMILES string of the molecule is CCC(C)(F)c1ccc(/C(=C/OC)C2CCC(C(=O)C3CCCC(Cc4ccnc(C)c4)CC3)CC2)cc1. The molecule has 2 aromatic rings. The Balaban J connectivity index is 1.32. The minimum absolute atomic E-state index is 0.193. The zero-order chi connectivity index (χ0) is 27.1. The first-order chi connectivity index (χ1) is 18.3. The van der Waals surface area contributed by atoms with Crippen molar-refractivity contribution in [3.05, 3.63) is 71.2 Å². The standard InChI is InChI=1S/C34H46FNO2/c1-5-34(3,35)31-17-15-28(16-18-31)32(23-38-4)27-11-13-30(14-12-27)33(37)29-8-6-7-25(9-10-29)22-26-19-20-36-24(2)21-26/h15-21,23,25,27,29-30H,5-14,22H2,1-4H3/b32-23+. The highest BCUT2D eigenvalue weighted by molar-refractivity contribution is 5.83. The van der Waals surface area contributed by atoms with Crippen molar-refractivity contribution >= 4 is 11.4 Å². The number of alkyl halides is 1. The molecule has 2 aliphatic carbocycles. The van der Waals surface area contributed by atoms with E-state index in [1.54, 1.807) is 14.0 Å². The van der Waals surface area contributed by atoms with Crippen molar-refractivity contribution in [2.75, 3.05) is 7.11 Å². The molecule has 0 N–H and O–H groups in total. The third-order valence-corrected chi connectivity index (χ3v) is 9.27. The Hall–Kier alpha value is -2.49. The van der Waals surface area contributed by atoms with Gasteiger partial charge in [0.25, 0.3) is 0 Å². The van der Waals surface area contributed by atoms with Crippen molar-refractivity contribution in [2.45, 2.75) is 97.1 Å². The molecule has 4 heteroatoms. The lowest BCUT2D eigenvalue weighted by atomic mass is 9.73. The summed E-state index contributed by atoms with van der Waals surface area (Å²) < 4.78 is 20.2. The summed E-state index contributed by atoms with van der Waals surface area (Å²) in [5, 5.41) is 0. The van der Waals surface area contributed by atoms with Crippen molar-refractivity contribution in [1.82, 2.24) is 4.98 Å². The van der Waals surface area contributed by atoms with Gasteiger partial charge in [0.2, 0.25) is 0 Å². The minimum atomic E-state index is -1.31. The number of rotatable bonds is 9. The number of hydrogen-bond donors (Lipinski definition) is 0. The molecule has 0 spiro atoms. The van der Waals surface area contributed by atoms with E-state index >= 15 is 0 Å². The fourth-order valence-corrected chi connectivity index (χ4v) is 6.70. The molecule has 0 bridgehead atoms. The third-order valence-electron chi connectivity index (χ3n) is 9.27. The summed E-state index contributed by atoms with van der Waals surface area (Å²) in [6.45, 7) is 5.57. The number of allylic oxidation sites excluding steroid dienone is 1. The molecule has 0 aliphatic heterocycles. The summed E-state index contributed by atoms with van der Waals surface area (Å²) in [6.07, 6.45) is 14.9. The fourth-order valence-electron chi connectivity index (χ4n) is 6.70. The summed E-state index contributed by atoms with van der Waals surface area (Å²) in [6, 6.07) is 12.2. The molecule has 4 rings (SSSR count). The third kappa shape index (κ3) is 7.12. The van der Waals surface area contributed by atoms with Crippen molar-refractivity contribution in [3.63, 3.8) is 0 Å². The predicted molar refractivity (Wildman–Crippen MR) is 153 cm³/mol. The second kappa shape index (κ2) is 13.0. The van der Waals surface area contributed by atoms with Gasteiger partial charge in [-0.2, -0.15) is 0 Å². The van der Waals surface area contributed by atoms with E-state index in [9.17, 15) is 9.18 Å². The van der Waals surface area contributed by atoms with Crippen LogP contribution in [-0.4, -0.2) is 17.9 Å².